The molecule has 0 aliphatic heterocycles. The van der Waals surface area contributed by atoms with Crippen LogP contribution in [0.2, 0.25) is 0 Å². The van der Waals surface area contributed by atoms with E-state index in [0.29, 0.717) is 0 Å². The first-order valence-corrected chi connectivity index (χ1v) is 19.2. The molecular formula is C54H35N. The van der Waals surface area contributed by atoms with E-state index < -0.39 is 5.41 Å². The Morgan fingerprint density at radius 2 is 1.13 bits per heavy atom. The van der Waals surface area contributed by atoms with Crippen molar-refractivity contribution in [3.63, 3.8) is 0 Å². The Morgan fingerprint density at radius 3 is 1.93 bits per heavy atom. The third kappa shape index (κ3) is 3.82. The largest absolute Gasteiger partial charge is 0.310 e. The highest BCUT2D eigenvalue weighted by Gasteiger charge is 2.52. The van der Waals surface area contributed by atoms with Crippen LogP contribution in [0.25, 0.3) is 89.1 Å². The number of benzene rings is 8. The van der Waals surface area contributed by atoms with Gasteiger partial charge in [-0.15, -0.1) is 0 Å². The zero-order valence-corrected chi connectivity index (χ0v) is 30.5. The Balaban J connectivity index is 1.14. The van der Waals surface area contributed by atoms with Gasteiger partial charge in [-0.3, -0.25) is 0 Å². The number of aromatic nitrogens is 1. The van der Waals surface area contributed by atoms with E-state index >= 15 is 0 Å². The molecule has 0 radical (unpaired) electrons. The number of rotatable bonds is 4. The second-order valence-electron chi connectivity index (χ2n) is 15.2. The van der Waals surface area contributed by atoms with Gasteiger partial charge in [0, 0.05) is 16.8 Å². The third-order valence-corrected chi connectivity index (χ3v) is 12.7. The molecule has 55 heavy (non-hydrogen) atoms. The predicted molar refractivity (Wildman–Crippen MR) is 231 cm³/mol. The maximum atomic E-state index is 3.96. The van der Waals surface area contributed by atoms with Crippen LogP contribution >= 0.6 is 0 Å². The zero-order valence-electron chi connectivity index (χ0n) is 30.5. The second kappa shape index (κ2) is 11.0. The molecule has 1 spiro atoms. The van der Waals surface area contributed by atoms with Gasteiger partial charge in [0.15, 0.2) is 0 Å². The molecule has 12 rings (SSSR count). The van der Waals surface area contributed by atoms with Crippen LogP contribution in [-0.2, 0) is 5.41 Å². The summed E-state index contributed by atoms with van der Waals surface area (Å²) in [4.78, 5) is 0. The van der Waals surface area contributed by atoms with E-state index in [-0.39, 0.29) is 0 Å². The first-order chi connectivity index (χ1) is 27.2. The third-order valence-electron chi connectivity index (χ3n) is 12.7. The summed E-state index contributed by atoms with van der Waals surface area (Å²) in [6.45, 7) is 6.20. The minimum atomic E-state index is -0.453. The lowest BCUT2D eigenvalue weighted by Gasteiger charge is -2.31. The van der Waals surface area contributed by atoms with Crippen LogP contribution in [0.3, 0.4) is 0 Å². The van der Waals surface area contributed by atoms with Crippen LogP contribution in [0.15, 0.2) is 183 Å². The fourth-order valence-electron chi connectivity index (χ4n) is 10.5. The monoisotopic (exact) mass is 697 g/mol. The van der Waals surface area contributed by atoms with Gasteiger partial charge in [-0.05, 0) is 144 Å². The Bertz CT molecular complexity index is 3170. The van der Waals surface area contributed by atoms with Crippen LogP contribution in [0.1, 0.15) is 33.5 Å². The molecule has 0 N–H and O–H groups in total. The zero-order chi connectivity index (χ0) is 36.4. The summed E-state index contributed by atoms with van der Waals surface area (Å²) in [5.74, 6) is 0. The summed E-state index contributed by atoms with van der Waals surface area (Å²) in [5.41, 5.74) is 23.0. The van der Waals surface area contributed by atoms with Crippen molar-refractivity contribution < 1.29 is 0 Å². The fraction of sp³-hybridized carbons (Fsp3) is 0.0370. The molecule has 1 aromatic heterocycles. The van der Waals surface area contributed by atoms with Gasteiger partial charge in [-0.25, -0.2) is 0 Å². The molecule has 3 aliphatic rings. The van der Waals surface area contributed by atoms with E-state index in [1.54, 1.807) is 0 Å². The molecule has 0 fully saturated rings. The van der Waals surface area contributed by atoms with Gasteiger partial charge >= 0.3 is 0 Å². The van der Waals surface area contributed by atoms with Crippen molar-refractivity contribution in [2.45, 2.75) is 12.3 Å². The van der Waals surface area contributed by atoms with Crippen LogP contribution in [0, 0.1) is 6.92 Å². The molecule has 9 aromatic rings. The van der Waals surface area contributed by atoms with E-state index in [1.807, 2.05) is 12.2 Å². The van der Waals surface area contributed by atoms with E-state index in [9.17, 15) is 0 Å². The van der Waals surface area contributed by atoms with Crippen molar-refractivity contribution in [2.75, 3.05) is 0 Å². The summed E-state index contributed by atoms with van der Waals surface area (Å²) >= 11 is 0. The lowest BCUT2D eigenvalue weighted by molar-refractivity contribution is 0.795. The smallest absolute Gasteiger partial charge is 0.0726 e. The normalized spacial score (nSPS) is 15.4. The molecule has 3 aliphatic carbocycles. The predicted octanol–water partition coefficient (Wildman–Crippen LogP) is 13.9. The molecule has 0 bridgehead atoms. The highest BCUT2D eigenvalue weighted by atomic mass is 15.0. The lowest BCUT2D eigenvalue weighted by Crippen LogP contribution is -2.26. The number of fused-ring (bicyclic) bond motifs is 15. The molecule has 1 nitrogen and oxygen atoms in total. The number of allylic oxidation sites excluding steroid dienone is 2. The highest BCUT2D eigenvalue weighted by molar-refractivity contribution is 6.21. The molecule has 8 aromatic carbocycles. The summed E-state index contributed by atoms with van der Waals surface area (Å²) in [6.07, 6.45) is 6.06. The highest BCUT2D eigenvalue weighted by Crippen LogP contribution is 2.66. The number of para-hydroxylation sites is 1. The molecular weight excluding hydrogens is 663 g/mol. The topological polar surface area (TPSA) is 4.93 Å². The first kappa shape index (κ1) is 30.5. The summed E-state index contributed by atoms with van der Waals surface area (Å²) in [6, 6.07) is 61.7. The number of hydrogen-bond acceptors (Lipinski definition) is 0. The number of aryl methyl sites for hydroxylation is 1. The van der Waals surface area contributed by atoms with Gasteiger partial charge in [0.25, 0.3) is 0 Å². The van der Waals surface area contributed by atoms with Crippen molar-refractivity contribution in [1.82, 2.24) is 4.57 Å². The van der Waals surface area contributed by atoms with Gasteiger partial charge in [0.2, 0.25) is 0 Å². The van der Waals surface area contributed by atoms with E-state index in [4.69, 9.17) is 0 Å². The van der Waals surface area contributed by atoms with E-state index in [1.165, 1.54) is 111 Å². The average Bonchev–Trinajstić information content (AvgIpc) is 3.92. The second-order valence-corrected chi connectivity index (χ2v) is 15.2. The number of nitrogens with zero attached hydrogens (tertiary/aromatic N) is 1. The van der Waals surface area contributed by atoms with Gasteiger partial charge in [0.05, 0.1) is 10.9 Å². The fourth-order valence-corrected chi connectivity index (χ4v) is 10.5. The van der Waals surface area contributed by atoms with Gasteiger partial charge in [-0.1, -0.05) is 146 Å². The molecule has 1 atom stereocenters. The minimum Gasteiger partial charge on any atom is -0.310 e. The van der Waals surface area contributed by atoms with Crippen LogP contribution < -0.4 is 0 Å². The van der Waals surface area contributed by atoms with Crippen LogP contribution in [-0.4, -0.2) is 4.57 Å². The van der Waals surface area contributed by atoms with Crippen LogP contribution in [0.5, 0.6) is 0 Å². The van der Waals surface area contributed by atoms with Crippen molar-refractivity contribution in [3.8, 4) is 61.3 Å². The van der Waals surface area contributed by atoms with Crippen LogP contribution in [0.4, 0.5) is 0 Å². The van der Waals surface area contributed by atoms with Crippen molar-refractivity contribution >= 4 is 27.8 Å². The Morgan fingerprint density at radius 1 is 0.491 bits per heavy atom. The Hall–Kier alpha value is -6.96. The molecule has 1 unspecified atom stereocenters. The van der Waals surface area contributed by atoms with Crippen molar-refractivity contribution in [3.05, 3.63) is 216 Å². The molecule has 0 saturated carbocycles. The maximum Gasteiger partial charge on any atom is 0.0726 e. The first-order valence-electron chi connectivity index (χ1n) is 19.2. The Labute approximate surface area is 320 Å². The van der Waals surface area contributed by atoms with E-state index in [0.717, 1.165) is 5.69 Å². The average molecular weight is 698 g/mol. The molecule has 0 amide bonds. The van der Waals surface area contributed by atoms with Crippen molar-refractivity contribution in [1.29, 1.82) is 0 Å². The van der Waals surface area contributed by atoms with Gasteiger partial charge in [-0.2, -0.15) is 0 Å². The molecule has 1 heterocycles. The number of hydrogen-bond donors (Lipinski definition) is 0. The minimum absolute atomic E-state index is 0.453. The van der Waals surface area contributed by atoms with Gasteiger partial charge in [0.1, 0.15) is 0 Å². The Kier molecular flexibility index (Phi) is 6.12. The van der Waals surface area contributed by atoms with Crippen molar-refractivity contribution in [2.24, 2.45) is 0 Å². The lowest BCUT2D eigenvalue weighted by atomic mass is 9.69. The molecule has 0 saturated heterocycles. The molecule has 1 heteroatoms. The van der Waals surface area contributed by atoms with E-state index in [2.05, 4.69) is 188 Å². The maximum absolute atomic E-state index is 3.96. The summed E-state index contributed by atoms with van der Waals surface area (Å²) < 4.78 is 2.37. The molecule has 256 valence electrons. The quantitative estimate of drug-likeness (QED) is 0.161. The van der Waals surface area contributed by atoms with Gasteiger partial charge < -0.3 is 4.57 Å². The summed E-state index contributed by atoms with van der Waals surface area (Å²) in [7, 11) is 0. The summed E-state index contributed by atoms with van der Waals surface area (Å²) in [5, 5.41) is 3.98. The standard InChI is InChI=1S/C54H35N/c1-3-4-25-50-33(2)44-30-34(27-29-51(44)55(50)36-15-6-5-7-16-36)35-26-28-40-39-19-10-12-23-46(39)54(48(40)31-35)47-24-13-11-20-42(47)53-43-22-14-21-41-37-17-8-9-18-38(37)45(52(41)43)32-49(53)54/h3-32H,1H2,2H3/b25-4-. The SMILES string of the molecule is C=C/C=C\c1c(C)c2cc(-c3ccc4c(c3)C3(c5ccccc5-4)c4ccccc4-c4c3cc3c5c(cccc45)-c4ccccc4-3)ccc2n1-c1ccccc1.